The highest BCUT2D eigenvalue weighted by Crippen LogP contribution is 2.01. The SMILES string of the molecule is CCCCCCN(CCBr)CCOC. The third-order valence-electron chi connectivity index (χ3n) is 2.34. The molecule has 0 aliphatic heterocycles. The van der Waals surface area contributed by atoms with Crippen LogP contribution in [0.15, 0.2) is 0 Å². The standard InChI is InChI=1S/C11H24BrNO/c1-3-4-5-6-8-13(9-7-12)10-11-14-2/h3-11H2,1-2H3. The number of ether oxygens (including phenoxy) is 1. The van der Waals surface area contributed by atoms with Crippen LogP contribution < -0.4 is 0 Å². The Morgan fingerprint density at radius 1 is 1.07 bits per heavy atom. The predicted octanol–water partition coefficient (Wildman–Crippen LogP) is 2.91. The van der Waals surface area contributed by atoms with Gasteiger partial charge in [0, 0.05) is 25.5 Å². The van der Waals surface area contributed by atoms with Gasteiger partial charge in [-0.3, -0.25) is 0 Å². The minimum atomic E-state index is 0.848. The highest BCUT2D eigenvalue weighted by atomic mass is 79.9. The van der Waals surface area contributed by atoms with Crippen molar-refractivity contribution in [1.29, 1.82) is 0 Å². The maximum absolute atomic E-state index is 5.09. The van der Waals surface area contributed by atoms with Crippen molar-refractivity contribution in [1.82, 2.24) is 4.90 Å². The molecule has 0 aliphatic rings. The van der Waals surface area contributed by atoms with Crippen molar-refractivity contribution in [3.05, 3.63) is 0 Å². The summed E-state index contributed by atoms with van der Waals surface area (Å²) in [5, 5.41) is 1.06. The average Bonchev–Trinajstić information content (AvgIpc) is 2.20. The van der Waals surface area contributed by atoms with E-state index in [2.05, 4.69) is 27.8 Å². The first-order chi connectivity index (χ1) is 6.85. The summed E-state index contributed by atoms with van der Waals surface area (Å²) < 4.78 is 5.09. The highest BCUT2D eigenvalue weighted by Gasteiger charge is 2.02. The predicted molar refractivity (Wildman–Crippen MR) is 66.3 cm³/mol. The van der Waals surface area contributed by atoms with Crippen molar-refractivity contribution in [2.75, 3.05) is 38.7 Å². The van der Waals surface area contributed by atoms with E-state index in [0.717, 1.165) is 25.0 Å². The molecule has 0 fully saturated rings. The Labute approximate surface area is 97.1 Å². The molecule has 0 unspecified atom stereocenters. The van der Waals surface area contributed by atoms with E-state index in [4.69, 9.17) is 4.74 Å². The zero-order valence-electron chi connectivity index (χ0n) is 9.60. The Hall–Kier alpha value is 0.400. The number of alkyl halides is 1. The lowest BCUT2D eigenvalue weighted by Gasteiger charge is -2.20. The van der Waals surface area contributed by atoms with Gasteiger partial charge in [-0.25, -0.2) is 0 Å². The summed E-state index contributed by atoms with van der Waals surface area (Å²) in [6.07, 6.45) is 5.37. The quantitative estimate of drug-likeness (QED) is 0.445. The molecule has 14 heavy (non-hydrogen) atoms. The zero-order valence-corrected chi connectivity index (χ0v) is 11.2. The molecule has 0 aliphatic carbocycles. The molecule has 0 spiro atoms. The van der Waals surface area contributed by atoms with Crippen LogP contribution in [0.5, 0.6) is 0 Å². The van der Waals surface area contributed by atoms with E-state index < -0.39 is 0 Å². The average molecular weight is 266 g/mol. The summed E-state index contributed by atoms with van der Waals surface area (Å²) in [5.74, 6) is 0. The molecule has 0 atom stereocenters. The smallest absolute Gasteiger partial charge is 0.0589 e. The first kappa shape index (κ1) is 14.4. The summed E-state index contributed by atoms with van der Waals surface area (Å²) in [5.41, 5.74) is 0. The maximum Gasteiger partial charge on any atom is 0.0589 e. The molecule has 0 bridgehead atoms. The molecule has 86 valence electrons. The number of hydrogen-bond acceptors (Lipinski definition) is 2. The van der Waals surface area contributed by atoms with Crippen LogP contribution in [0.4, 0.5) is 0 Å². The molecule has 0 radical (unpaired) electrons. The van der Waals surface area contributed by atoms with Crippen LogP contribution in [0.3, 0.4) is 0 Å². The molecular formula is C11H24BrNO. The van der Waals surface area contributed by atoms with Gasteiger partial charge in [0.25, 0.3) is 0 Å². The molecule has 0 aromatic heterocycles. The normalized spacial score (nSPS) is 11.1. The van der Waals surface area contributed by atoms with Gasteiger partial charge in [0.15, 0.2) is 0 Å². The van der Waals surface area contributed by atoms with Crippen LogP contribution in [0.1, 0.15) is 32.6 Å². The van der Waals surface area contributed by atoms with Gasteiger partial charge in [0.05, 0.1) is 6.61 Å². The lowest BCUT2D eigenvalue weighted by Crippen LogP contribution is -2.30. The molecule has 0 amide bonds. The van der Waals surface area contributed by atoms with Crippen LogP contribution in [0.2, 0.25) is 0 Å². The second-order valence-electron chi connectivity index (χ2n) is 3.58. The molecule has 0 saturated heterocycles. The van der Waals surface area contributed by atoms with Gasteiger partial charge in [-0.15, -0.1) is 0 Å². The van der Waals surface area contributed by atoms with Crippen LogP contribution in [0, 0.1) is 0 Å². The monoisotopic (exact) mass is 265 g/mol. The van der Waals surface area contributed by atoms with Crippen molar-refractivity contribution in [2.45, 2.75) is 32.6 Å². The van der Waals surface area contributed by atoms with Gasteiger partial charge in [-0.2, -0.15) is 0 Å². The fourth-order valence-corrected chi connectivity index (χ4v) is 1.94. The Bertz CT molecular complexity index is 111. The third-order valence-corrected chi connectivity index (χ3v) is 2.69. The molecular weight excluding hydrogens is 242 g/mol. The number of unbranched alkanes of at least 4 members (excludes halogenated alkanes) is 3. The van der Waals surface area contributed by atoms with E-state index in [1.54, 1.807) is 7.11 Å². The third kappa shape index (κ3) is 8.97. The number of rotatable bonds is 10. The second kappa shape index (κ2) is 11.5. The molecule has 3 heteroatoms. The van der Waals surface area contributed by atoms with E-state index in [1.165, 1.54) is 32.2 Å². The van der Waals surface area contributed by atoms with E-state index in [-0.39, 0.29) is 0 Å². The maximum atomic E-state index is 5.09. The Morgan fingerprint density at radius 3 is 2.43 bits per heavy atom. The first-order valence-corrected chi connectivity index (χ1v) is 6.74. The summed E-state index contributed by atoms with van der Waals surface area (Å²) in [6, 6.07) is 0. The number of halogens is 1. The minimum Gasteiger partial charge on any atom is -0.383 e. The van der Waals surface area contributed by atoms with Crippen molar-refractivity contribution in [3.63, 3.8) is 0 Å². The molecule has 0 rings (SSSR count). The topological polar surface area (TPSA) is 12.5 Å². The Morgan fingerprint density at radius 2 is 1.86 bits per heavy atom. The van der Waals surface area contributed by atoms with Crippen molar-refractivity contribution in [3.8, 4) is 0 Å². The molecule has 0 aromatic rings. The van der Waals surface area contributed by atoms with Gasteiger partial charge in [0.2, 0.25) is 0 Å². The van der Waals surface area contributed by atoms with E-state index in [0.29, 0.717) is 0 Å². The zero-order chi connectivity index (χ0) is 10.6. The molecule has 0 N–H and O–H groups in total. The summed E-state index contributed by atoms with van der Waals surface area (Å²) in [4.78, 5) is 2.47. The van der Waals surface area contributed by atoms with Crippen LogP contribution in [-0.2, 0) is 4.74 Å². The fraction of sp³-hybridized carbons (Fsp3) is 1.00. The summed E-state index contributed by atoms with van der Waals surface area (Å²) >= 11 is 3.48. The first-order valence-electron chi connectivity index (χ1n) is 5.62. The lowest BCUT2D eigenvalue weighted by atomic mass is 10.2. The van der Waals surface area contributed by atoms with Crippen molar-refractivity contribution in [2.24, 2.45) is 0 Å². The van der Waals surface area contributed by atoms with E-state index in [1.807, 2.05) is 0 Å². The van der Waals surface area contributed by atoms with Crippen molar-refractivity contribution < 1.29 is 4.74 Å². The molecule has 2 nitrogen and oxygen atoms in total. The highest BCUT2D eigenvalue weighted by molar-refractivity contribution is 9.09. The molecule has 0 saturated carbocycles. The van der Waals surface area contributed by atoms with Gasteiger partial charge < -0.3 is 9.64 Å². The van der Waals surface area contributed by atoms with Crippen LogP contribution >= 0.6 is 15.9 Å². The van der Waals surface area contributed by atoms with Gasteiger partial charge in [-0.1, -0.05) is 42.1 Å². The summed E-state index contributed by atoms with van der Waals surface area (Å²) in [7, 11) is 1.77. The fourth-order valence-electron chi connectivity index (χ4n) is 1.44. The van der Waals surface area contributed by atoms with Gasteiger partial charge in [0.1, 0.15) is 0 Å². The van der Waals surface area contributed by atoms with E-state index in [9.17, 15) is 0 Å². The van der Waals surface area contributed by atoms with Crippen LogP contribution in [-0.4, -0.2) is 43.6 Å². The Balaban J connectivity index is 3.40. The number of hydrogen-bond donors (Lipinski definition) is 0. The van der Waals surface area contributed by atoms with Gasteiger partial charge in [-0.05, 0) is 13.0 Å². The second-order valence-corrected chi connectivity index (χ2v) is 4.38. The van der Waals surface area contributed by atoms with Crippen LogP contribution in [0.25, 0.3) is 0 Å². The van der Waals surface area contributed by atoms with Gasteiger partial charge >= 0.3 is 0 Å². The number of nitrogens with zero attached hydrogens (tertiary/aromatic N) is 1. The largest absolute Gasteiger partial charge is 0.383 e. The van der Waals surface area contributed by atoms with Crippen molar-refractivity contribution >= 4 is 15.9 Å². The summed E-state index contributed by atoms with van der Waals surface area (Å²) in [6.45, 7) is 6.51. The number of methoxy groups -OCH3 is 1. The van der Waals surface area contributed by atoms with E-state index >= 15 is 0 Å². The lowest BCUT2D eigenvalue weighted by molar-refractivity contribution is 0.150. The molecule has 0 heterocycles. The minimum absolute atomic E-state index is 0.848. The molecule has 0 aromatic carbocycles. The Kier molecular flexibility index (Phi) is 11.8.